The number of nitrogens with one attached hydrogen (secondary N) is 4. The van der Waals surface area contributed by atoms with Gasteiger partial charge in [0, 0.05) is 64.4 Å². The molecule has 0 aromatic heterocycles. The van der Waals surface area contributed by atoms with Crippen molar-refractivity contribution in [2.75, 3.05) is 58.9 Å². The average Bonchev–Trinajstić information content (AvgIpc) is 2.66. The van der Waals surface area contributed by atoms with Crippen molar-refractivity contribution in [1.29, 1.82) is 0 Å². The Morgan fingerprint density at radius 1 is 0.840 bits per heavy atom. The van der Waals surface area contributed by atoms with Crippen molar-refractivity contribution >= 4 is 0 Å². The standard InChI is InChI=1S/C20H43N5/c1-20(2,3)8-9-21-10-11-22-12-15-25-16-13-23-18-6-4-5-7-19(18)24-14-17-25/h18-19,21-24H,4-17H2,1-3H3. The van der Waals surface area contributed by atoms with Gasteiger partial charge in [0.25, 0.3) is 0 Å². The van der Waals surface area contributed by atoms with Crippen LogP contribution in [0, 0.1) is 5.41 Å². The zero-order valence-corrected chi connectivity index (χ0v) is 17.0. The molecule has 2 aliphatic rings. The molecular weight excluding hydrogens is 310 g/mol. The van der Waals surface area contributed by atoms with E-state index < -0.39 is 0 Å². The van der Waals surface area contributed by atoms with E-state index in [9.17, 15) is 0 Å². The van der Waals surface area contributed by atoms with Crippen LogP contribution in [0.1, 0.15) is 52.9 Å². The molecule has 1 aliphatic heterocycles. The molecule has 2 unspecified atom stereocenters. The highest BCUT2D eigenvalue weighted by molar-refractivity contribution is 4.87. The predicted molar refractivity (Wildman–Crippen MR) is 108 cm³/mol. The lowest BCUT2D eigenvalue weighted by Gasteiger charge is -2.32. The lowest BCUT2D eigenvalue weighted by Crippen LogP contribution is -2.50. The molecule has 5 heteroatoms. The van der Waals surface area contributed by atoms with E-state index >= 15 is 0 Å². The molecule has 0 radical (unpaired) electrons. The van der Waals surface area contributed by atoms with Crippen LogP contribution in [-0.4, -0.2) is 75.9 Å². The molecule has 2 fully saturated rings. The van der Waals surface area contributed by atoms with Gasteiger partial charge in [-0.05, 0) is 31.2 Å². The fourth-order valence-corrected chi connectivity index (χ4v) is 3.90. The summed E-state index contributed by atoms with van der Waals surface area (Å²) in [5.74, 6) is 0. The maximum atomic E-state index is 3.80. The molecule has 0 bridgehead atoms. The van der Waals surface area contributed by atoms with E-state index in [2.05, 4.69) is 46.9 Å². The summed E-state index contributed by atoms with van der Waals surface area (Å²) in [4.78, 5) is 2.59. The molecule has 2 atom stereocenters. The lowest BCUT2D eigenvalue weighted by atomic mass is 9.90. The number of fused-ring (bicyclic) bond motifs is 1. The Hall–Kier alpha value is -0.200. The summed E-state index contributed by atoms with van der Waals surface area (Å²) in [6.07, 6.45) is 6.73. The third-order valence-corrected chi connectivity index (χ3v) is 5.57. The van der Waals surface area contributed by atoms with Gasteiger partial charge >= 0.3 is 0 Å². The fraction of sp³-hybridized carbons (Fsp3) is 1.00. The number of hydrogen-bond donors (Lipinski definition) is 4. The molecular formula is C20H43N5. The topological polar surface area (TPSA) is 51.4 Å². The van der Waals surface area contributed by atoms with Gasteiger partial charge < -0.3 is 21.3 Å². The second kappa shape index (κ2) is 11.5. The van der Waals surface area contributed by atoms with Crippen molar-refractivity contribution in [2.45, 2.75) is 65.0 Å². The molecule has 1 saturated carbocycles. The van der Waals surface area contributed by atoms with E-state index in [1.807, 2.05) is 0 Å². The summed E-state index contributed by atoms with van der Waals surface area (Å²) in [5, 5.41) is 14.7. The molecule has 4 N–H and O–H groups in total. The maximum Gasteiger partial charge on any atom is 0.0221 e. The van der Waals surface area contributed by atoms with Crippen LogP contribution in [-0.2, 0) is 0 Å². The van der Waals surface area contributed by atoms with Gasteiger partial charge in [0.15, 0.2) is 0 Å². The van der Waals surface area contributed by atoms with Crippen LogP contribution in [0.15, 0.2) is 0 Å². The second-order valence-electron chi connectivity index (χ2n) is 9.06. The summed E-state index contributed by atoms with van der Waals surface area (Å²) in [7, 11) is 0. The smallest absolute Gasteiger partial charge is 0.0221 e. The number of rotatable bonds is 8. The normalized spacial score (nSPS) is 26.5. The highest BCUT2D eigenvalue weighted by atomic mass is 15.2. The van der Waals surface area contributed by atoms with E-state index in [0.29, 0.717) is 17.5 Å². The van der Waals surface area contributed by atoms with Gasteiger partial charge in [-0.25, -0.2) is 0 Å². The van der Waals surface area contributed by atoms with Gasteiger partial charge in [-0.3, -0.25) is 4.90 Å². The Labute approximate surface area is 156 Å². The Kier molecular flexibility index (Phi) is 9.71. The summed E-state index contributed by atoms with van der Waals surface area (Å²) in [5.41, 5.74) is 0.435. The predicted octanol–water partition coefficient (Wildman–Crippen LogP) is 1.41. The van der Waals surface area contributed by atoms with E-state index in [1.54, 1.807) is 0 Å². The third-order valence-electron chi connectivity index (χ3n) is 5.57. The number of nitrogens with zero attached hydrogens (tertiary/aromatic N) is 1. The Morgan fingerprint density at radius 2 is 1.40 bits per heavy atom. The van der Waals surface area contributed by atoms with Crippen LogP contribution >= 0.6 is 0 Å². The minimum absolute atomic E-state index is 0.435. The molecule has 0 amide bonds. The molecule has 2 rings (SSSR count). The molecule has 5 nitrogen and oxygen atoms in total. The first kappa shape index (κ1) is 21.1. The summed E-state index contributed by atoms with van der Waals surface area (Å²) < 4.78 is 0. The molecule has 0 spiro atoms. The van der Waals surface area contributed by atoms with E-state index in [4.69, 9.17) is 0 Å². The van der Waals surface area contributed by atoms with Crippen molar-refractivity contribution in [3.05, 3.63) is 0 Å². The molecule has 0 aromatic rings. The third kappa shape index (κ3) is 9.34. The maximum absolute atomic E-state index is 3.80. The molecule has 1 saturated heterocycles. The van der Waals surface area contributed by atoms with E-state index in [0.717, 1.165) is 45.8 Å². The van der Waals surface area contributed by atoms with Crippen LogP contribution in [0.25, 0.3) is 0 Å². The van der Waals surface area contributed by atoms with Gasteiger partial charge in [0.2, 0.25) is 0 Å². The molecule has 25 heavy (non-hydrogen) atoms. The van der Waals surface area contributed by atoms with Crippen molar-refractivity contribution in [3.63, 3.8) is 0 Å². The van der Waals surface area contributed by atoms with E-state index in [-0.39, 0.29) is 0 Å². The summed E-state index contributed by atoms with van der Waals surface area (Å²) in [6, 6.07) is 1.40. The minimum Gasteiger partial charge on any atom is -0.315 e. The van der Waals surface area contributed by atoms with Gasteiger partial charge in [0.1, 0.15) is 0 Å². The molecule has 1 aliphatic carbocycles. The minimum atomic E-state index is 0.435. The summed E-state index contributed by atoms with van der Waals surface area (Å²) in [6.45, 7) is 17.0. The highest BCUT2D eigenvalue weighted by Gasteiger charge is 2.25. The van der Waals surface area contributed by atoms with Crippen molar-refractivity contribution in [3.8, 4) is 0 Å². The Morgan fingerprint density at radius 3 is 1.96 bits per heavy atom. The average molecular weight is 354 g/mol. The molecule has 148 valence electrons. The monoisotopic (exact) mass is 353 g/mol. The van der Waals surface area contributed by atoms with Crippen molar-refractivity contribution in [1.82, 2.24) is 26.2 Å². The lowest BCUT2D eigenvalue weighted by molar-refractivity contribution is 0.278. The van der Waals surface area contributed by atoms with Crippen LogP contribution in [0.2, 0.25) is 0 Å². The Bertz CT molecular complexity index is 323. The van der Waals surface area contributed by atoms with Crippen LogP contribution in [0.3, 0.4) is 0 Å². The first-order valence-electron chi connectivity index (χ1n) is 10.7. The first-order valence-corrected chi connectivity index (χ1v) is 10.7. The number of hydrogen-bond acceptors (Lipinski definition) is 5. The Balaban J connectivity index is 1.51. The van der Waals surface area contributed by atoms with Crippen LogP contribution in [0.5, 0.6) is 0 Å². The van der Waals surface area contributed by atoms with Gasteiger partial charge in [-0.2, -0.15) is 0 Å². The SMILES string of the molecule is CC(C)(C)CCNCCNCCN1CCNC2CCCCC2NCC1. The van der Waals surface area contributed by atoms with Gasteiger partial charge in [0.05, 0.1) is 0 Å². The second-order valence-corrected chi connectivity index (χ2v) is 9.06. The van der Waals surface area contributed by atoms with Crippen LogP contribution in [0.4, 0.5) is 0 Å². The van der Waals surface area contributed by atoms with Crippen molar-refractivity contribution in [2.24, 2.45) is 5.41 Å². The van der Waals surface area contributed by atoms with Gasteiger partial charge in [-0.15, -0.1) is 0 Å². The fourth-order valence-electron chi connectivity index (χ4n) is 3.90. The van der Waals surface area contributed by atoms with Crippen LogP contribution < -0.4 is 21.3 Å². The molecule has 0 aromatic carbocycles. The highest BCUT2D eigenvalue weighted by Crippen LogP contribution is 2.19. The first-order chi connectivity index (χ1) is 12.0. The largest absolute Gasteiger partial charge is 0.315 e. The zero-order valence-electron chi connectivity index (χ0n) is 17.0. The van der Waals surface area contributed by atoms with Gasteiger partial charge in [-0.1, -0.05) is 33.6 Å². The van der Waals surface area contributed by atoms with E-state index in [1.165, 1.54) is 45.2 Å². The summed E-state index contributed by atoms with van der Waals surface area (Å²) >= 11 is 0. The zero-order chi connectivity index (χ0) is 18.0. The molecule has 1 heterocycles. The van der Waals surface area contributed by atoms with Crippen molar-refractivity contribution < 1.29 is 0 Å². The quantitative estimate of drug-likeness (QED) is 0.497.